The van der Waals surface area contributed by atoms with Gasteiger partial charge in [0.25, 0.3) is 0 Å². The second kappa shape index (κ2) is 3.59. The van der Waals surface area contributed by atoms with Gasteiger partial charge in [0, 0.05) is 11.5 Å². The minimum absolute atomic E-state index is 0.0952. The molecular formula is C9H4F3NO3S. The molecule has 8 heteroatoms. The number of hydrogen-bond donors (Lipinski definition) is 2. The highest BCUT2D eigenvalue weighted by Gasteiger charge is 2.34. The van der Waals surface area contributed by atoms with Gasteiger partial charge in [0.05, 0.1) is 5.56 Å². The first-order valence-electron chi connectivity index (χ1n) is 4.26. The molecule has 2 heterocycles. The number of nitrogens with one attached hydrogen (secondary N) is 1. The highest BCUT2D eigenvalue weighted by molar-refractivity contribution is 7.20. The van der Waals surface area contributed by atoms with E-state index in [0.29, 0.717) is 17.4 Å². The Morgan fingerprint density at radius 3 is 2.53 bits per heavy atom. The number of halogens is 3. The number of aromatic nitrogens is 1. The fraction of sp³-hybridized carbons (Fsp3) is 0.111. The minimum Gasteiger partial charge on any atom is -0.477 e. The zero-order valence-electron chi connectivity index (χ0n) is 7.96. The average Bonchev–Trinajstić information content (AvgIpc) is 2.58. The van der Waals surface area contributed by atoms with Crippen molar-refractivity contribution in [3.8, 4) is 0 Å². The summed E-state index contributed by atoms with van der Waals surface area (Å²) in [6.45, 7) is 0. The van der Waals surface area contributed by atoms with Gasteiger partial charge in [-0.3, -0.25) is 4.79 Å². The van der Waals surface area contributed by atoms with Crippen molar-refractivity contribution in [2.75, 3.05) is 0 Å². The largest absolute Gasteiger partial charge is 0.477 e. The second-order valence-electron chi connectivity index (χ2n) is 3.20. The molecule has 0 radical (unpaired) electrons. The van der Waals surface area contributed by atoms with E-state index in [4.69, 9.17) is 5.11 Å². The van der Waals surface area contributed by atoms with Crippen LogP contribution in [0.1, 0.15) is 15.2 Å². The third-order valence-corrected chi connectivity index (χ3v) is 3.09. The first-order chi connectivity index (χ1) is 7.79. The summed E-state index contributed by atoms with van der Waals surface area (Å²) in [6.07, 6.45) is -4.69. The summed E-state index contributed by atoms with van der Waals surface area (Å²) in [4.78, 5) is 23.5. The molecule has 0 spiro atoms. The van der Waals surface area contributed by atoms with Gasteiger partial charge in [0.1, 0.15) is 9.71 Å². The standard InChI is InChI=1S/C9H4F3NO3S/c10-9(11,12)4-2-6(14)13-7-3(4)1-5(17-7)8(15)16/h1-2H,(H,13,14)(H,15,16). The Labute approximate surface area is 95.3 Å². The van der Waals surface area contributed by atoms with Crippen molar-refractivity contribution in [3.05, 3.63) is 32.9 Å². The first-order valence-corrected chi connectivity index (χ1v) is 5.08. The van der Waals surface area contributed by atoms with E-state index in [1.807, 2.05) is 0 Å². The molecular weight excluding hydrogens is 259 g/mol. The molecule has 0 amide bonds. The molecule has 2 aromatic heterocycles. The van der Waals surface area contributed by atoms with E-state index in [1.54, 1.807) is 0 Å². The summed E-state index contributed by atoms with van der Waals surface area (Å²) >= 11 is 0.595. The number of carbonyl (C=O) groups is 1. The maximum absolute atomic E-state index is 12.6. The van der Waals surface area contributed by atoms with E-state index in [9.17, 15) is 22.8 Å². The first kappa shape index (κ1) is 11.6. The maximum atomic E-state index is 12.6. The maximum Gasteiger partial charge on any atom is 0.417 e. The van der Waals surface area contributed by atoms with Gasteiger partial charge < -0.3 is 10.1 Å². The van der Waals surface area contributed by atoms with Crippen molar-refractivity contribution >= 4 is 27.5 Å². The Morgan fingerprint density at radius 1 is 1.35 bits per heavy atom. The smallest absolute Gasteiger partial charge is 0.417 e. The van der Waals surface area contributed by atoms with E-state index in [1.165, 1.54) is 0 Å². The van der Waals surface area contributed by atoms with Crippen molar-refractivity contribution in [3.63, 3.8) is 0 Å². The lowest BCUT2D eigenvalue weighted by Gasteiger charge is -2.06. The molecule has 0 aliphatic carbocycles. The van der Waals surface area contributed by atoms with Crippen LogP contribution in [0.3, 0.4) is 0 Å². The van der Waals surface area contributed by atoms with E-state index in [2.05, 4.69) is 4.98 Å². The Hall–Kier alpha value is -1.83. The number of fused-ring (bicyclic) bond motifs is 1. The Morgan fingerprint density at radius 2 is 2.00 bits per heavy atom. The molecule has 17 heavy (non-hydrogen) atoms. The number of aromatic carboxylic acids is 1. The van der Waals surface area contributed by atoms with E-state index in [-0.39, 0.29) is 15.1 Å². The van der Waals surface area contributed by atoms with Gasteiger partial charge in [-0.15, -0.1) is 11.3 Å². The number of hydrogen-bond acceptors (Lipinski definition) is 3. The van der Waals surface area contributed by atoms with E-state index < -0.39 is 23.3 Å². The molecule has 0 aliphatic rings. The van der Waals surface area contributed by atoms with Crippen molar-refractivity contribution in [1.29, 1.82) is 0 Å². The van der Waals surface area contributed by atoms with Gasteiger partial charge in [-0.1, -0.05) is 0 Å². The van der Waals surface area contributed by atoms with Gasteiger partial charge in [0.15, 0.2) is 0 Å². The monoisotopic (exact) mass is 263 g/mol. The molecule has 90 valence electrons. The molecule has 0 saturated heterocycles. The molecule has 2 aromatic rings. The summed E-state index contributed by atoms with van der Waals surface area (Å²) in [7, 11) is 0. The number of carboxylic acid groups (broad SMARTS) is 1. The number of aromatic amines is 1. The van der Waals surface area contributed by atoms with Crippen LogP contribution in [0.25, 0.3) is 10.2 Å². The summed E-state index contributed by atoms with van der Waals surface area (Å²) in [5.41, 5.74) is -2.04. The summed E-state index contributed by atoms with van der Waals surface area (Å²) in [5, 5.41) is 8.38. The van der Waals surface area contributed by atoms with Crippen LogP contribution >= 0.6 is 11.3 Å². The Balaban J connectivity index is 2.84. The molecule has 0 saturated carbocycles. The summed E-state index contributed by atoms with van der Waals surface area (Å²) in [6, 6.07) is 1.32. The zero-order chi connectivity index (χ0) is 12.8. The topological polar surface area (TPSA) is 70.2 Å². The molecule has 4 nitrogen and oxygen atoms in total. The third-order valence-electron chi connectivity index (χ3n) is 2.05. The van der Waals surface area contributed by atoms with Crippen molar-refractivity contribution in [1.82, 2.24) is 4.98 Å². The average molecular weight is 263 g/mol. The number of thiophene rings is 1. The van der Waals surface area contributed by atoms with E-state index in [0.717, 1.165) is 6.07 Å². The normalized spacial score (nSPS) is 11.9. The Kier molecular flexibility index (Phi) is 2.46. The van der Waals surface area contributed by atoms with Crippen LogP contribution in [0.15, 0.2) is 16.9 Å². The molecule has 0 unspecified atom stereocenters. The Bertz CT molecular complexity index is 656. The molecule has 2 rings (SSSR count). The number of H-pyrrole nitrogens is 1. The molecule has 0 atom stereocenters. The van der Waals surface area contributed by atoms with E-state index >= 15 is 0 Å². The quantitative estimate of drug-likeness (QED) is 0.829. The summed E-state index contributed by atoms with van der Waals surface area (Å²) < 4.78 is 37.8. The summed E-state index contributed by atoms with van der Waals surface area (Å²) in [5.74, 6) is -1.33. The van der Waals surface area contributed by atoms with Gasteiger partial charge in [-0.25, -0.2) is 4.79 Å². The van der Waals surface area contributed by atoms with Crippen molar-refractivity contribution < 1.29 is 23.1 Å². The van der Waals surface area contributed by atoms with Gasteiger partial charge in [-0.05, 0) is 6.07 Å². The molecule has 2 N–H and O–H groups in total. The predicted molar refractivity (Wildman–Crippen MR) is 54.4 cm³/mol. The molecule has 0 aromatic carbocycles. The van der Waals surface area contributed by atoms with Crippen LogP contribution in [0, 0.1) is 0 Å². The lowest BCUT2D eigenvalue weighted by molar-refractivity contribution is -0.136. The molecule has 0 aliphatic heterocycles. The fourth-order valence-corrected chi connectivity index (χ4v) is 2.30. The van der Waals surface area contributed by atoms with Gasteiger partial charge in [-0.2, -0.15) is 13.2 Å². The lowest BCUT2D eigenvalue weighted by atomic mass is 10.2. The number of alkyl halides is 3. The SMILES string of the molecule is O=C(O)c1cc2c(C(F)(F)F)cc(=O)[nH]c2s1. The predicted octanol–water partition coefficient (Wildman–Crippen LogP) is 2.31. The number of rotatable bonds is 1. The zero-order valence-corrected chi connectivity index (χ0v) is 8.78. The number of carboxylic acids is 1. The van der Waals surface area contributed by atoms with Gasteiger partial charge in [0.2, 0.25) is 5.56 Å². The van der Waals surface area contributed by atoms with Crippen LogP contribution in [-0.4, -0.2) is 16.1 Å². The van der Waals surface area contributed by atoms with Crippen molar-refractivity contribution in [2.45, 2.75) is 6.18 Å². The van der Waals surface area contributed by atoms with Crippen molar-refractivity contribution in [2.24, 2.45) is 0 Å². The molecule has 0 bridgehead atoms. The van der Waals surface area contributed by atoms with Crippen LogP contribution in [0.5, 0.6) is 0 Å². The van der Waals surface area contributed by atoms with Crippen LogP contribution < -0.4 is 5.56 Å². The number of pyridine rings is 1. The van der Waals surface area contributed by atoms with Crippen LogP contribution in [-0.2, 0) is 6.18 Å². The molecule has 0 fully saturated rings. The third kappa shape index (κ3) is 2.03. The highest BCUT2D eigenvalue weighted by Crippen LogP contribution is 2.36. The van der Waals surface area contributed by atoms with Crippen LogP contribution in [0.2, 0.25) is 0 Å². The van der Waals surface area contributed by atoms with Gasteiger partial charge >= 0.3 is 12.1 Å². The minimum atomic E-state index is -4.69. The fourth-order valence-electron chi connectivity index (χ4n) is 1.38. The highest BCUT2D eigenvalue weighted by atomic mass is 32.1. The lowest BCUT2D eigenvalue weighted by Crippen LogP contribution is -2.12. The second-order valence-corrected chi connectivity index (χ2v) is 4.26. The van der Waals surface area contributed by atoms with Crippen LogP contribution in [0.4, 0.5) is 13.2 Å².